The van der Waals surface area contributed by atoms with Gasteiger partial charge in [0.05, 0.1) is 5.03 Å². The number of β-lactam (4-membered cyclic amide) rings is 1. The van der Waals surface area contributed by atoms with Crippen LogP contribution in [-0.4, -0.2) is 60.5 Å². The van der Waals surface area contributed by atoms with E-state index in [1.807, 2.05) is 91.0 Å². The minimum Gasteiger partial charge on any atom is -0.455 e. The fraction of sp³-hybridized carbons (Fsp3) is 0.235. The third-order valence-electron chi connectivity index (χ3n) is 7.48. The Balaban J connectivity index is 1.36. The van der Waals surface area contributed by atoms with E-state index in [0.717, 1.165) is 28.2 Å². The third kappa shape index (κ3) is 6.40. The molecule has 2 aliphatic rings. The first-order valence-corrected chi connectivity index (χ1v) is 17.1. The summed E-state index contributed by atoms with van der Waals surface area (Å²) in [4.78, 5) is 52.5. The number of thioether (sulfide) groups is 1. The summed E-state index contributed by atoms with van der Waals surface area (Å²) >= 11 is 8.60. The van der Waals surface area contributed by atoms with E-state index >= 15 is 0 Å². The summed E-state index contributed by atoms with van der Waals surface area (Å²) < 4.78 is 9.74. The Labute approximate surface area is 290 Å². The van der Waals surface area contributed by atoms with Crippen molar-refractivity contribution in [3.05, 3.63) is 124 Å². The number of aromatic nitrogens is 2. The van der Waals surface area contributed by atoms with Gasteiger partial charge in [-0.2, -0.15) is 9.36 Å². The zero-order valence-corrected chi connectivity index (χ0v) is 28.5. The summed E-state index contributed by atoms with van der Waals surface area (Å²) in [7, 11) is 0. The molecule has 14 heteroatoms. The Morgan fingerprint density at radius 3 is 1.98 bits per heavy atom. The number of nitrogen functional groups attached to an aromatic ring is 1. The van der Waals surface area contributed by atoms with Gasteiger partial charge < -0.3 is 20.6 Å². The van der Waals surface area contributed by atoms with Gasteiger partial charge in [-0.25, -0.2) is 4.79 Å². The van der Waals surface area contributed by atoms with Crippen LogP contribution in [0, 0.1) is 0 Å². The molecule has 0 saturated carbocycles. The number of nitrogens with one attached hydrogen (secondary N) is 1. The average molecular weight is 703 g/mol. The number of ether oxygens (including phenoxy) is 1. The first-order valence-electron chi connectivity index (χ1n) is 14.9. The number of fused-ring (bicyclic) bond motifs is 1. The molecule has 3 aromatic carbocycles. The van der Waals surface area contributed by atoms with Crippen LogP contribution in [0.25, 0.3) is 0 Å². The molecule has 0 aliphatic carbocycles. The van der Waals surface area contributed by atoms with E-state index in [1.165, 1.54) is 16.7 Å². The molecule has 4 aromatic rings. The van der Waals surface area contributed by atoms with Crippen LogP contribution in [0.1, 0.15) is 43.3 Å². The smallest absolute Gasteiger partial charge is 0.356 e. The van der Waals surface area contributed by atoms with E-state index in [0.29, 0.717) is 0 Å². The van der Waals surface area contributed by atoms with E-state index in [-0.39, 0.29) is 33.1 Å². The molecule has 0 spiro atoms. The molecule has 1 fully saturated rings. The quantitative estimate of drug-likeness (QED) is 0.0806. The standard InChI is InChI=1S/C34H31ClN6O5S2/c1-33(2,3)45-31(44)26-23(35)19-47-30-25(29(43)41(26)30)37-28(42)24(27-38-32(36)48-40-27)39-46-34(20-13-7-4-8-14-20,21-15-9-5-10-16-21)22-17-11-6-12-18-22/h4-18,25,30H,19H2,1-3H3,(H,37,42)(H2,36,38,40)/b39-24-. The summed E-state index contributed by atoms with van der Waals surface area (Å²) in [6, 6.07) is 27.5. The Morgan fingerprint density at radius 1 is 0.958 bits per heavy atom. The maximum Gasteiger partial charge on any atom is 0.356 e. The molecule has 1 saturated heterocycles. The van der Waals surface area contributed by atoms with Gasteiger partial charge in [0.25, 0.3) is 11.8 Å². The number of benzene rings is 3. The van der Waals surface area contributed by atoms with Crippen LogP contribution < -0.4 is 11.1 Å². The Bertz CT molecular complexity index is 1800. The molecule has 0 bridgehead atoms. The monoisotopic (exact) mass is 702 g/mol. The molecule has 2 amide bonds. The van der Waals surface area contributed by atoms with Gasteiger partial charge in [0, 0.05) is 34.0 Å². The normalized spacial score (nSPS) is 18.1. The number of nitrogens with zero attached hydrogens (tertiary/aromatic N) is 4. The molecule has 11 nitrogen and oxygen atoms in total. The molecule has 1 aromatic heterocycles. The SMILES string of the molecule is CC(C)(C)OC(=O)C1=C(Cl)CSC2C(NC(=O)/C(=N\OC(c3ccccc3)(c3ccccc3)c3ccccc3)c3nsc(N)n3)C(=O)N12. The van der Waals surface area contributed by atoms with Crippen molar-refractivity contribution in [1.29, 1.82) is 0 Å². The fourth-order valence-electron chi connectivity index (χ4n) is 5.41. The van der Waals surface area contributed by atoms with Crippen molar-refractivity contribution in [3.63, 3.8) is 0 Å². The van der Waals surface area contributed by atoms with Gasteiger partial charge in [-0.3, -0.25) is 14.5 Å². The number of rotatable bonds is 9. The van der Waals surface area contributed by atoms with E-state index in [1.54, 1.807) is 20.8 Å². The van der Waals surface area contributed by atoms with Gasteiger partial charge >= 0.3 is 5.97 Å². The summed E-state index contributed by atoms with van der Waals surface area (Å²) in [5, 5.41) is 6.89. The number of oxime groups is 1. The Hall–Kier alpha value is -4.72. The van der Waals surface area contributed by atoms with Crippen molar-refractivity contribution in [3.8, 4) is 0 Å². The van der Waals surface area contributed by atoms with E-state index in [9.17, 15) is 14.4 Å². The van der Waals surface area contributed by atoms with Crippen LogP contribution in [0.5, 0.6) is 0 Å². The topological polar surface area (TPSA) is 149 Å². The number of hydrogen-bond acceptors (Lipinski definition) is 11. The van der Waals surface area contributed by atoms with Crippen LogP contribution in [0.2, 0.25) is 0 Å². The second kappa shape index (κ2) is 13.4. The van der Waals surface area contributed by atoms with Crippen molar-refractivity contribution < 1.29 is 24.0 Å². The van der Waals surface area contributed by atoms with Crippen LogP contribution >= 0.6 is 34.9 Å². The van der Waals surface area contributed by atoms with Gasteiger partial charge in [0.2, 0.25) is 17.1 Å². The minimum atomic E-state index is -1.30. The summed E-state index contributed by atoms with van der Waals surface area (Å²) in [5.41, 5.74) is 5.73. The molecule has 2 aliphatic heterocycles. The third-order valence-corrected chi connectivity index (χ3v) is 9.78. The molecular formula is C34H31ClN6O5S2. The molecule has 0 radical (unpaired) electrons. The molecule has 3 heterocycles. The lowest BCUT2D eigenvalue weighted by atomic mass is 9.80. The fourth-order valence-corrected chi connectivity index (χ4v) is 7.39. The highest BCUT2D eigenvalue weighted by Gasteiger charge is 2.55. The Kier molecular flexibility index (Phi) is 9.28. The number of hydrogen-bond donors (Lipinski definition) is 2. The molecule has 2 unspecified atom stereocenters. The predicted molar refractivity (Wildman–Crippen MR) is 185 cm³/mol. The zero-order valence-electron chi connectivity index (χ0n) is 26.1. The van der Waals surface area contributed by atoms with Crippen LogP contribution in [0.4, 0.5) is 5.13 Å². The van der Waals surface area contributed by atoms with Crippen molar-refractivity contribution in [2.24, 2.45) is 5.16 Å². The molecule has 2 atom stereocenters. The van der Waals surface area contributed by atoms with Gasteiger partial charge in [-0.1, -0.05) is 108 Å². The van der Waals surface area contributed by atoms with Crippen molar-refractivity contribution in [1.82, 2.24) is 19.6 Å². The minimum absolute atomic E-state index is 0.0321. The maximum absolute atomic E-state index is 14.0. The average Bonchev–Trinajstić information content (AvgIpc) is 3.51. The van der Waals surface area contributed by atoms with Crippen LogP contribution in [0.3, 0.4) is 0 Å². The van der Waals surface area contributed by atoms with Crippen molar-refractivity contribution >= 4 is 63.5 Å². The van der Waals surface area contributed by atoms with Gasteiger partial charge in [0.1, 0.15) is 22.7 Å². The lowest BCUT2D eigenvalue weighted by Gasteiger charge is -2.49. The zero-order chi connectivity index (χ0) is 34.1. The number of halogens is 1. The molecule has 3 N–H and O–H groups in total. The van der Waals surface area contributed by atoms with E-state index in [2.05, 4.69) is 19.8 Å². The second-order valence-electron chi connectivity index (χ2n) is 11.9. The summed E-state index contributed by atoms with van der Waals surface area (Å²) in [6.07, 6.45) is 0. The molecule has 246 valence electrons. The van der Waals surface area contributed by atoms with Crippen molar-refractivity contribution in [2.45, 2.75) is 43.4 Å². The largest absolute Gasteiger partial charge is 0.455 e. The first-order chi connectivity index (χ1) is 23.0. The van der Waals surface area contributed by atoms with Gasteiger partial charge in [0.15, 0.2) is 5.13 Å². The van der Waals surface area contributed by atoms with Gasteiger partial charge in [-0.05, 0) is 20.8 Å². The lowest BCUT2D eigenvalue weighted by molar-refractivity contribution is -0.158. The second-order valence-corrected chi connectivity index (χ2v) is 14.2. The number of esters is 1. The number of carbonyl (C=O) groups excluding carboxylic acids is 3. The predicted octanol–water partition coefficient (Wildman–Crippen LogP) is 5.03. The number of amides is 2. The molecule has 48 heavy (non-hydrogen) atoms. The van der Waals surface area contributed by atoms with Crippen LogP contribution in [-0.2, 0) is 29.6 Å². The lowest BCUT2D eigenvalue weighted by Crippen LogP contribution is -2.71. The highest BCUT2D eigenvalue weighted by molar-refractivity contribution is 8.00. The summed E-state index contributed by atoms with van der Waals surface area (Å²) in [5.74, 6) is -1.84. The van der Waals surface area contributed by atoms with Crippen LogP contribution in [0.15, 0.2) is 107 Å². The number of carbonyl (C=O) groups is 3. The van der Waals surface area contributed by atoms with Crippen molar-refractivity contribution in [2.75, 3.05) is 11.5 Å². The maximum atomic E-state index is 14.0. The first kappa shape index (κ1) is 33.2. The highest BCUT2D eigenvalue weighted by Crippen LogP contribution is 2.43. The Morgan fingerprint density at radius 2 is 1.50 bits per heavy atom. The number of nitrogens with two attached hydrogens (primary N) is 1. The highest BCUT2D eigenvalue weighted by atomic mass is 35.5. The number of anilines is 1. The van der Waals surface area contributed by atoms with E-state index < -0.39 is 40.4 Å². The summed E-state index contributed by atoms with van der Waals surface area (Å²) in [6.45, 7) is 5.17. The van der Waals surface area contributed by atoms with Gasteiger partial charge in [-0.15, -0.1) is 11.8 Å². The molecule has 6 rings (SSSR count). The van der Waals surface area contributed by atoms with E-state index in [4.69, 9.17) is 26.9 Å². The molecular weight excluding hydrogens is 672 g/mol.